The van der Waals surface area contributed by atoms with Gasteiger partial charge in [0.15, 0.2) is 5.82 Å². The number of aromatic hydroxyl groups is 1. The van der Waals surface area contributed by atoms with E-state index in [1.54, 1.807) is 0 Å². The Morgan fingerprint density at radius 2 is 2.17 bits per heavy atom. The normalized spacial score (nSPS) is 25.0. The van der Waals surface area contributed by atoms with Gasteiger partial charge in [0, 0.05) is 0 Å². The molecule has 0 aromatic heterocycles. The van der Waals surface area contributed by atoms with E-state index >= 15 is 0 Å². The first kappa shape index (κ1) is 16.2. The Morgan fingerprint density at radius 1 is 1.43 bits per heavy atom. The minimum Gasteiger partial charge on any atom is -0.506 e. The molecule has 0 saturated carbocycles. The van der Waals surface area contributed by atoms with Crippen molar-refractivity contribution in [3.63, 3.8) is 0 Å². The van der Waals surface area contributed by atoms with Gasteiger partial charge in [0.2, 0.25) is 11.2 Å². The Kier molecular flexibility index (Phi) is 4.05. The molecule has 126 valence electrons. The maximum atomic E-state index is 14.6. The van der Waals surface area contributed by atoms with Crippen molar-refractivity contribution in [1.29, 1.82) is 0 Å². The number of carbonyl (C=O) groups is 1. The van der Waals surface area contributed by atoms with Crippen molar-refractivity contribution >= 4 is 22.8 Å². The van der Waals surface area contributed by atoms with Gasteiger partial charge in [-0.05, 0) is 48.5 Å². The lowest BCUT2D eigenvalue weighted by atomic mass is 9.73. The van der Waals surface area contributed by atoms with Crippen LogP contribution in [0.4, 0.5) is 10.1 Å². The van der Waals surface area contributed by atoms with E-state index in [1.807, 2.05) is 13.8 Å². The molecule has 1 aromatic carbocycles. The zero-order chi connectivity index (χ0) is 16.8. The Morgan fingerprint density at radius 3 is 2.70 bits per heavy atom. The topological polar surface area (TPSA) is 81.7 Å². The van der Waals surface area contributed by atoms with E-state index in [1.165, 1.54) is 12.1 Å². The van der Waals surface area contributed by atoms with E-state index in [0.717, 1.165) is 23.8 Å². The van der Waals surface area contributed by atoms with E-state index in [2.05, 4.69) is 10.0 Å². The highest BCUT2D eigenvalue weighted by atomic mass is 32.2. The lowest BCUT2D eigenvalue weighted by Crippen LogP contribution is -2.31. The Bertz CT molecular complexity index is 651. The summed E-state index contributed by atoms with van der Waals surface area (Å²) in [5.41, 5.74) is 0.179. The second-order valence-electron chi connectivity index (χ2n) is 6.55. The SMILES string of the molecule is CC(C)(c1cc(O)c(N2CC(=O)NS2=O)c(F)c1)C1CCNC1. The molecule has 2 heterocycles. The van der Waals surface area contributed by atoms with Crippen LogP contribution < -0.4 is 14.3 Å². The Labute approximate surface area is 136 Å². The number of amides is 1. The fraction of sp³-hybridized carbons (Fsp3) is 0.533. The molecule has 0 spiro atoms. The second-order valence-corrected chi connectivity index (χ2v) is 7.69. The molecular weight excluding hydrogens is 321 g/mol. The minimum atomic E-state index is -1.87. The molecule has 2 unspecified atom stereocenters. The molecule has 8 heteroatoms. The number of rotatable bonds is 3. The average molecular weight is 341 g/mol. The first-order valence-electron chi connectivity index (χ1n) is 7.53. The van der Waals surface area contributed by atoms with Crippen molar-refractivity contribution in [2.45, 2.75) is 25.7 Å². The molecule has 3 rings (SSSR count). The number of hydrogen-bond acceptors (Lipinski definition) is 4. The first-order valence-corrected chi connectivity index (χ1v) is 8.64. The van der Waals surface area contributed by atoms with Gasteiger partial charge < -0.3 is 10.4 Å². The summed E-state index contributed by atoms with van der Waals surface area (Å²) in [6.45, 7) is 5.59. The smallest absolute Gasteiger partial charge is 0.253 e. The summed E-state index contributed by atoms with van der Waals surface area (Å²) in [6.07, 6.45) is 0.992. The van der Waals surface area contributed by atoms with Gasteiger partial charge in [-0.2, -0.15) is 0 Å². The number of nitrogens with zero attached hydrogens (tertiary/aromatic N) is 1. The van der Waals surface area contributed by atoms with Gasteiger partial charge in [-0.25, -0.2) is 8.60 Å². The third-order valence-corrected chi connectivity index (χ3v) is 5.92. The highest BCUT2D eigenvalue weighted by Crippen LogP contribution is 2.41. The van der Waals surface area contributed by atoms with Gasteiger partial charge in [-0.3, -0.25) is 13.8 Å². The van der Waals surface area contributed by atoms with Crippen LogP contribution in [0.15, 0.2) is 12.1 Å². The van der Waals surface area contributed by atoms with E-state index in [0.29, 0.717) is 11.5 Å². The molecule has 0 bridgehead atoms. The molecule has 2 aliphatic rings. The number of phenolic OH excluding ortho intramolecular Hbond substituents is 1. The van der Waals surface area contributed by atoms with Crippen LogP contribution in [0, 0.1) is 11.7 Å². The zero-order valence-corrected chi connectivity index (χ0v) is 13.9. The van der Waals surface area contributed by atoms with Crippen molar-refractivity contribution < 1.29 is 18.5 Å². The summed E-state index contributed by atoms with van der Waals surface area (Å²) in [7, 11) is 0. The molecule has 3 N–H and O–H groups in total. The van der Waals surface area contributed by atoms with E-state index in [9.17, 15) is 18.5 Å². The number of nitrogens with one attached hydrogen (secondary N) is 2. The number of carbonyl (C=O) groups excluding carboxylic acids is 1. The van der Waals surface area contributed by atoms with Crippen LogP contribution in [0.1, 0.15) is 25.8 Å². The summed E-state index contributed by atoms with van der Waals surface area (Å²) in [6, 6.07) is 2.88. The van der Waals surface area contributed by atoms with E-state index < -0.39 is 22.9 Å². The van der Waals surface area contributed by atoms with Crippen molar-refractivity contribution in [2.75, 3.05) is 23.9 Å². The third-order valence-electron chi connectivity index (χ3n) is 4.81. The van der Waals surface area contributed by atoms with E-state index in [-0.39, 0.29) is 23.4 Å². The maximum absolute atomic E-state index is 14.6. The van der Waals surface area contributed by atoms with Crippen LogP contribution in [-0.2, 0) is 21.4 Å². The Balaban J connectivity index is 1.97. The molecule has 2 saturated heterocycles. The molecular formula is C15H20FN3O3S. The number of halogens is 1. The number of hydrogen-bond donors (Lipinski definition) is 3. The van der Waals surface area contributed by atoms with Gasteiger partial charge in [-0.1, -0.05) is 13.8 Å². The van der Waals surface area contributed by atoms with Crippen LogP contribution in [-0.4, -0.2) is 34.9 Å². The quantitative estimate of drug-likeness (QED) is 0.764. The number of phenols is 1. The fourth-order valence-electron chi connectivity index (χ4n) is 3.25. The van der Waals surface area contributed by atoms with Crippen LogP contribution in [0.5, 0.6) is 5.75 Å². The van der Waals surface area contributed by atoms with Crippen LogP contribution in [0.3, 0.4) is 0 Å². The summed E-state index contributed by atoms with van der Waals surface area (Å²) >= 11 is -1.87. The monoisotopic (exact) mass is 341 g/mol. The van der Waals surface area contributed by atoms with Crippen molar-refractivity contribution in [1.82, 2.24) is 10.0 Å². The lowest BCUT2D eigenvalue weighted by molar-refractivity contribution is -0.117. The van der Waals surface area contributed by atoms with Gasteiger partial charge in [0.1, 0.15) is 18.0 Å². The summed E-state index contributed by atoms with van der Waals surface area (Å²) in [5.74, 6) is -1.10. The van der Waals surface area contributed by atoms with Crippen molar-refractivity contribution in [2.24, 2.45) is 5.92 Å². The number of benzene rings is 1. The molecule has 2 atom stereocenters. The molecule has 1 aromatic rings. The fourth-order valence-corrected chi connectivity index (χ4v) is 4.20. The van der Waals surface area contributed by atoms with E-state index in [4.69, 9.17) is 0 Å². The summed E-state index contributed by atoms with van der Waals surface area (Å²) < 4.78 is 29.6. The van der Waals surface area contributed by atoms with Gasteiger partial charge in [0.05, 0.1) is 0 Å². The van der Waals surface area contributed by atoms with Crippen LogP contribution >= 0.6 is 0 Å². The standard InChI is InChI=1S/C15H20FN3O3S/c1-15(2,9-3-4-17-7-9)10-5-11(16)14(12(20)6-10)19-8-13(21)18-23(19)22/h5-6,9,17,20H,3-4,7-8H2,1-2H3,(H,18,21). The molecule has 2 aliphatic heterocycles. The maximum Gasteiger partial charge on any atom is 0.253 e. The second kappa shape index (κ2) is 5.76. The van der Waals surface area contributed by atoms with Gasteiger partial charge >= 0.3 is 0 Å². The predicted octanol–water partition coefficient (Wildman–Crippen LogP) is 0.933. The third kappa shape index (κ3) is 2.81. The summed E-state index contributed by atoms with van der Waals surface area (Å²) in [5, 5.41) is 13.6. The molecule has 1 amide bonds. The molecule has 0 aliphatic carbocycles. The summed E-state index contributed by atoms with van der Waals surface area (Å²) in [4.78, 5) is 11.3. The predicted molar refractivity (Wildman–Crippen MR) is 85.7 cm³/mol. The molecule has 23 heavy (non-hydrogen) atoms. The van der Waals surface area contributed by atoms with Crippen LogP contribution in [0.2, 0.25) is 0 Å². The molecule has 2 fully saturated rings. The Hall–Kier alpha value is -1.67. The molecule has 6 nitrogen and oxygen atoms in total. The minimum absolute atomic E-state index is 0.203. The highest BCUT2D eigenvalue weighted by Gasteiger charge is 2.36. The zero-order valence-electron chi connectivity index (χ0n) is 13.1. The van der Waals surface area contributed by atoms with Gasteiger partial charge in [-0.15, -0.1) is 0 Å². The van der Waals surface area contributed by atoms with Crippen molar-refractivity contribution in [3.8, 4) is 5.75 Å². The number of anilines is 1. The largest absolute Gasteiger partial charge is 0.506 e. The highest BCUT2D eigenvalue weighted by molar-refractivity contribution is 7.85. The molecule has 0 radical (unpaired) electrons. The van der Waals surface area contributed by atoms with Crippen LogP contribution in [0.25, 0.3) is 0 Å². The first-order chi connectivity index (χ1) is 10.8. The lowest BCUT2D eigenvalue weighted by Gasteiger charge is -2.32. The van der Waals surface area contributed by atoms with Gasteiger partial charge in [0.25, 0.3) is 5.91 Å². The average Bonchev–Trinajstić information content (AvgIpc) is 3.09. The van der Waals surface area contributed by atoms with Crippen molar-refractivity contribution in [3.05, 3.63) is 23.5 Å².